The van der Waals surface area contributed by atoms with E-state index in [-0.39, 0.29) is 30.0 Å². The molecule has 3 rings (SSSR count). The van der Waals surface area contributed by atoms with E-state index in [0.29, 0.717) is 17.1 Å². The summed E-state index contributed by atoms with van der Waals surface area (Å²) >= 11 is 6.12. The van der Waals surface area contributed by atoms with E-state index in [0.717, 1.165) is 11.3 Å². The smallest absolute Gasteiger partial charge is 0.246 e. The maximum absolute atomic E-state index is 12.9. The summed E-state index contributed by atoms with van der Waals surface area (Å²) in [5.74, 6) is -0.0449. The molecule has 1 N–H and O–H groups in total. The zero-order chi connectivity index (χ0) is 18.7. The highest BCUT2D eigenvalue weighted by Gasteiger charge is 2.35. The van der Waals surface area contributed by atoms with Crippen molar-refractivity contribution in [3.8, 4) is 0 Å². The molecule has 1 heterocycles. The molecule has 1 fully saturated rings. The number of nitrogens with one attached hydrogen (secondary N) is 1. The number of carbonyl (C=O) groups is 1. The van der Waals surface area contributed by atoms with E-state index >= 15 is 0 Å². The Morgan fingerprint density at radius 1 is 1.19 bits per heavy atom. The van der Waals surface area contributed by atoms with Gasteiger partial charge in [0.15, 0.2) is 9.84 Å². The number of para-hydroxylation sites is 1. The number of halogens is 1. The molecule has 0 saturated carbocycles. The third-order valence-corrected chi connectivity index (χ3v) is 6.73. The van der Waals surface area contributed by atoms with Crippen LogP contribution in [0.5, 0.6) is 0 Å². The molecule has 5 nitrogen and oxygen atoms in total. The van der Waals surface area contributed by atoms with Crippen LogP contribution in [-0.4, -0.2) is 38.4 Å². The van der Waals surface area contributed by atoms with E-state index in [9.17, 15) is 13.2 Å². The van der Waals surface area contributed by atoms with Crippen LogP contribution in [0.1, 0.15) is 12.0 Å². The number of carbonyl (C=O) groups excluding carboxylic acids is 1. The lowest BCUT2D eigenvalue weighted by Gasteiger charge is -2.29. The van der Waals surface area contributed by atoms with Crippen LogP contribution in [-0.2, 0) is 14.6 Å². The zero-order valence-electron chi connectivity index (χ0n) is 14.5. The molecular weight excluding hydrogens is 372 g/mol. The molecule has 1 amide bonds. The number of sulfone groups is 1. The lowest BCUT2D eigenvalue weighted by Crippen LogP contribution is -2.44. The van der Waals surface area contributed by atoms with E-state index in [1.54, 1.807) is 11.0 Å². The van der Waals surface area contributed by atoms with Gasteiger partial charge < -0.3 is 10.2 Å². The molecule has 1 atom stereocenters. The summed E-state index contributed by atoms with van der Waals surface area (Å²) in [5.41, 5.74) is 2.37. The van der Waals surface area contributed by atoms with Gasteiger partial charge in [-0.15, -0.1) is 0 Å². The second-order valence-electron chi connectivity index (χ2n) is 6.42. The lowest BCUT2D eigenvalue weighted by atomic mass is 10.1. The van der Waals surface area contributed by atoms with Crippen LogP contribution >= 0.6 is 11.6 Å². The molecule has 1 unspecified atom stereocenters. The van der Waals surface area contributed by atoms with Gasteiger partial charge in [-0.2, -0.15) is 0 Å². The molecule has 138 valence electrons. The zero-order valence-corrected chi connectivity index (χ0v) is 16.1. The van der Waals surface area contributed by atoms with E-state index < -0.39 is 9.84 Å². The fourth-order valence-corrected chi connectivity index (χ4v) is 5.06. The minimum Gasteiger partial charge on any atom is -0.376 e. The first-order valence-corrected chi connectivity index (χ1v) is 10.6. The van der Waals surface area contributed by atoms with Crippen molar-refractivity contribution in [1.82, 2.24) is 0 Å². The molecule has 0 bridgehead atoms. The molecule has 0 aliphatic carbocycles. The van der Waals surface area contributed by atoms with E-state index in [4.69, 9.17) is 11.6 Å². The molecule has 1 aliphatic heterocycles. The van der Waals surface area contributed by atoms with Gasteiger partial charge in [0.2, 0.25) is 5.91 Å². The van der Waals surface area contributed by atoms with Gasteiger partial charge in [-0.1, -0.05) is 35.9 Å². The number of hydrogen-bond acceptors (Lipinski definition) is 4. The van der Waals surface area contributed by atoms with E-state index in [2.05, 4.69) is 5.32 Å². The Morgan fingerprint density at radius 3 is 2.58 bits per heavy atom. The Bertz CT molecular complexity index is 900. The van der Waals surface area contributed by atoms with Crippen molar-refractivity contribution in [2.45, 2.75) is 19.4 Å². The maximum atomic E-state index is 12.9. The quantitative estimate of drug-likeness (QED) is 0.847. The van der Waals surface area contributed by atoms with Crippen LogP contribution in [0.3, 0.4) is 0 Å². The summed E-state index contributed by atoms with van der Waals surface area (Å²) in [4.78, 5) is 14.6. The van der Waals surface area contributed by atoms with Gasteiger partial charge in [-0.25, -0.2) is 8.42 Å². The second-order valence-corrected chi connectivity index (χ2v) is 9.06. The molecule has 2 aromatic rings. The predicted octanol–water partition coefficient (Wildman–Crippen LogP) is 3.28. The Kier molecular flexibility index (Phi) is 5.53. The van der Waals surface area contributed by atoms with Crippen LogP contribution in [0, 0.1) is 6.92 Å². The number of rotatable bonds is 5. The Morgan fingerprint density at radius 2 is 1.92 bits per heavy atom. The van der Waals surface area contributed by atoms with E-state index in [1.807, 2.05) is 49.4 Å². The Hall–Kier alpha value is -2.05. The topological polar surface area (TPSA) is 66.5 Å². The summed E-state index contributed by atoms with van der Waals surface area (Å²) in [5, 5.41) is 3.75. The summed E-state index contributed by atoms with van der Waals surface area (Å²) in [6.45, 7) is 1.94. The summed E-state index contributed by atoms with van der Waals surface area (Å²) in [6.07, 6.45) is 0.458. The molecule has 0 spiro atoms. The molecule has 1 aliphatic rings. The number of anilines is 2. The molecule has 1 saturated heterocycles. The van der Waals surface area contributed by atoms with Gasteiger partial charge in [0, 0.05) is 16.4 Å². The third kappa shape index (κ3) is 4.19. The fraction of sp³-hybridized carbons (Fsp3) is 0.316. The highest BCUT2D eigenvalue weighted by atomic mass is 35.5. The van der Waals surface area contributed by atoms with Crippen molar-refractivity contribution in [2.24, 2.45) is 0 Å². The van der Waals surface area contributed by atoms with Crippen molar-refractivity contribution in [3.63, 3.8) is 0 Å². The average Bonchev–Trinajstić information content (AvgIpc) is 2.97. The number of benzene rings is 2. The second kappa shape index (κ2) is 7.68. The Labute approximate surface area is 158 Å². The van der Waals surface area contributed by atoms with Gasteiger partial charge in [0.05, 0.1) is 24.1 Å². The van der Waals surface area contributed by atoms with Crippen molar-refractivity contribution in [2.75, 3.05) is 28.3 Å². The van der Waals surface area contributed by atoms with Gasteiger partial charge in [0.25, 0.3) is 0 Å². The normalized spacial score (nSPS) is 18.5. The van der Waals surface area contributed by atoms with Crippen LogP contribution < -0.4 is 10.2 Å². The molecule has 0 radical (unpaired) electrons. The van der Waals surface area contributed by atoms with E-state index in [1.165, 1.54) is 0 Å². The van der Waals surface area contributed by atoms with Crippen molar-refractivity contribution < 1.29 is 13.2 Å². The molecule has 0 aromatic heterocycles. The maximum Gasteiger partial charge on any atom is 0.246 e. The minimum atomic E-state index is -3.09. The van der Waals surface area contributed by atoms with Gasteiger partial charge in [-0.3, -0.25) is 4.79 Å². The predicted molar refractivity (Wildman–Crippen MR) is 106 cm³/mol. The third-order valence-electron chi connectivity index (χ3n) is 4.57. The summed E-state index contributed by atoms with van der Waals surface area (Å²) < 4.78 is 23.8. The lowest BCUT2D eigenvalue weighted by molar-refractivity contribution is -0.117. The Balaban J connectivity index is 1.80. The van der Waals surface area contributed by atoms with Crippen molar-refractivity contribution in [3.05, 3.63) is 59.1 Å². The average molecular weight is 393 g/mol. The number of nitrogens with zero attached hydrogens (tertiary/aromatic N) is 1. The fourth-order valence-electron chi connectivity index (χ4n) is 3.18. The summed E-state index contributed by atoms with van der Waals surface area (Å²) in [6, 6.07) is 14.3. The first-order valence-electron chi connectivity index (χ1n) is 8.44. The van der Waals surface area contributed by atoms with Crippen LogP contribution in [0.15, 0.2) is 48.5 Å². The standard InChI is InChI=1S/C19H21ClN2O3S/c1-14-17(20)8-5-9-18(14)21-12-19(23)22(15-6-3-2-4-7-15)16-10-11-26(24,25)13-16/h2-9,16,21H,10-13H2,1H3. The number of amides is 1. The van der Waals surface area contributed by atoms with Crippen molar-refractivity contribution in [1.29, 1.82) is 0 Å². The highest BCUT2D eigenvalue weighted by molar-refractivity contribution is 7.91. The SMILES string of the molecule is Cc1c(Cl)cccc1NCC(=O)N(c1ccccc1)C1CCS(=O)(=O)C1. The van der Waals surface area contributed by atoms with Gasteiger partial charge in [-0.05, 0) is 43.2 Å². The van der Waals surface area contributed by atoms with Crippen LogP contribution in [0.4, 0.5) is 11.4 Å². The first-order chi connectivity index (χ1) is 12.4. The molecule has 2 aromatic carbocycles. The molecule has 7 heteroatoms. The first kappa shape index (κ1) is 18.7. The molecule has 26 heavy (non-hydrogen) atoms. The van der Waals surface area contributed by atoms with Crippen molar-refractivity contribution >= 4 is 38.7 Å². The van der Waals surface area contributed by atoms with Crippen LogP contribution in [0.2, 0.25) is 5.02 Å². The van der Waals surface area contributed by atoms with Gasteiger partial charge >= 0.3 is 0 Å². The van der Waals surface area contributed by atoms with Crippen LogP contribution in [0.25, 0.3) is 0 Å². The number of hydrogen-bond donors (Lipinski definition) is 1. The summed E-state index contributed by atoms with van der Waals surface area (Å²) in [7, 11) is -3.09. The molecular formula is C19H21ClN2O3S. The largest absolute Gasteiger partial charge is 0.376 e. The highest BCUT2D eigenvalue weighted by Crippen LogP contribution is 2.26. The monoisotopic (exact) mass is 392 g/mol. The minimum absolute atomic E-state index is 0.00380. The van der Waals surface area contributed by atoms with Gasteiger partial charge in [0.1, 0.15) is 0 Å².